The van der Waals surface area contributed by atoms with Crippen LogP contribution < -0.4 is 10.9 Å². The van der Waals surface area contributed by atoms with E-state index in [1.807, 2.05) is 30.4 Å². The number of nitrogens with one attached hydrogen (secondary N) is 2. The normalized spacial score (nSPS) is 27.5. The number of hydrogen-bond acceptors (Lipinski definition) is 2. The molecule has 0 radical (unpaired) electrons. The van der Waals surface area contributed by atoms with Gasteiger partial charge in [-0.1, -0.05) is 30.4 Å². The zero-order valence-corrected chi connectivity index (χ0v) is 5.87. The lowest BCUT2D eigenvalue weighted by atomic mass is 10.1. The summed E-state index contributed by atoms with van der Waals surface area (Å²) < 4.78 is 0. The molecule has 2 N–H and O–H groups in total. The summed E-state index contributed by atoms with van der Waals surface area (Å²) >= 11 is 0. The van der Waals surface area contributed by atoms with E-state index >= 15 is 0 Å². The van der Waals surface area contributed by atoms with Crippen molar-refractivity contribution in [3.8, 4) is 0 Å². The molecule has 1 saturated heterocycles. The topological polar surface area (TPSA) is 41.1 Å². The maximum absolute atomic E-state index is 11.1. The Labute approximate surface area is 64.4 Å². The van der Waals surface area contributed by atoms with Crippen LogP contribution in [0.2, 0.25) is 0 Å². The first kappa shape index (κ1) is 6.37. The fourth-order valence-electron chi connectivity index (χ4n) is 1.16. The number of fused-ring (bicyclic) bond motifs is 1. The molecule has 2 rings (SSSR count). The van der Waals surface area contributed by atoms with Gasteiger partial charge in [0.2, 0.25) is 0 Å². The van der Waals surface area contributed by atoms with Gasteiger partial charge < -0.3 is 0 Å². The second-order valence-corrected chi connectivity index (χ2v) is 2.47. The van der Waals surface area contributed by atoms with E-state index in [1.54, 1.807) is 0 Å². The smallest absolute Gasteiger partial charge is 0.263 e. The molecule has 1 aliphatic heterocycles. The minimum atomic E-state index is -0.0359. The molecule has 11 heavy (non-hydrogen) atoms. The molecule has 3 heteroatoms. The monoisotopic (exact) mass is 148 g/mol. The standard InChI is InChI=1S/C8H8N2O/c11-8-6-4-2-1-3-5-7(6)9-10-8/h1-5,7,9H,(H,10,11). The van der Waals surface area contributed by atoms with Gasteiger partial charge in [-0.3, -0.25) is 10.2 Å². The van der Waals surface area contributed by atoms with Gasteiger partial charge in [0.05, 0.1) is 6.04 Å². The molecule has 3 nitrogen and oxygen atoms in total. The maximum atomic E-state index is 11.1. The van der Waals surface area contributed by atoms with Crippen LogP contribution >= 0.6 is 0 Å². The van der Waals surface area contributed by atoms with Crippen LogP contribution in [0, 0.1) is 0 Å². The van der Waals surface area contributed by atoms with Crippen molar-refractivity contribution in [1.82, 2.24) is 10.9 Å². The molecule has 1 amide bonds. The van der Waals surface area contributed by atoms with Gasteiger partial charge in [0, 0.05) is 5.57 Å². The molecule has 1 fully saturated rings. The second-order valence-electron chi connectivity index (χ2n) is 2.47. The van der Waals surface area contributed by atoms with Gasteiger partial charge in [0.1, 0.15) is 0 Å². The Morgan fingerprint density at radius 2 is 2.18 bits per heavy atom. The molecule has 1 heterocycles. The highest BCUT2D eigenvalue weighted by molar-refractivity contribution is 5.97. The van der Waals surface area contributed by atoms with Crippen LogP contribution in [0.5, 0.6) is 0 Å². The number of hydrogen-bond donors (Lipinski definition) is 2. The molecule has 0 aromatic carbocycles. The molecule has 2 aliphatic rings. The molecular formula is C8H8N2O. The van der Waals surface area contributed by atoms with Crippen molar-refractivity contribution in [2.45, 2.75) is 6.04 Å². The lowest BCUT2D eigenvalue weighted by molar-refractivity contribution is -0.116. The first-order valence-corrected chi connectivity index (χ1v) is 3.49. The number of carbonyl (C=O) groups excluding carboxylic acids is 1. The zero-order valence-electron chi connectivity index (χ0n) is 5.87. The van der Waals surface area contributed by atoms with Crippen molar-refractivity contribution in [1.29, 1.82) is 0 Å². The van der Waals surface area contributed by atoms with Crippen molar-refractivity contribution in [2.24, 2.45) is 0 Å². The van der Waals surface area contributed by atoms with Crippen LogP contribution in [0.1, 0.15) is 0 Å². The number of rotatable bonds is 0. The van der Waals surface area contributed by atoms with Gasteiger partial charge in [0.25, 0.3) is 5.91 Å². The van der Waals surface area contributed by atoms with E-state index in [-0.39, 0.29) is 11.9 Å². The van der Waals surface area contributed by atoms with E-state index in [1.165, 1.54) is 0 Å². The quantitative estimate of drug-likeness (QED) is 0.509. The Balaban J connectivity index is 2.38. The van der Waals surface area contributed by atoms with Gasteiger partial charge in [0.15, 0.2) is 0 Å². The predicted octanol–water partition coefficient (Wildman–Crippen LogP) is 0.0418. The molecule has 1 atom stereocenters. The highest BCUT2D eigenvalue weighted by Gasteiger charge is 2.25. The molecular weight excluding hydrogens is 140 g/mol. The maximum Gasteiger partial charge on any atom is 0.263 e. The Morgan fingerprint density at radius 3 is 3.09 bits per heavy atom. The number of amides is 1. The van der Waals surface area contributed by atoms with E-state index in [0.717, 1.165) is 5.57 Å². The van der Waals surface area contributed by atoms with Crippen LogP contribution in [0.15, 0.2) is 36.0 Å². The van der Waals surface area contributed by atoms with Gasteiger partial charge in [-0.25, -0.2) is 5.43 Å². The van der Waals surface area contributed by atoms with E-state index in [0.29, 0.717) is 0 Å². The first-order valence-electron chi connectivity index (χ1n) is 3.49. The molecule has 0 bridgehead atoms. The van der Waals surface area contributed by atoms with Crippen molar-refractivity contribution in [3.63, 3.8) is 0 Å². The third-order valence-electron chi connectivity index (χ3n) is 1.74. The average molecular weight is 148 g/mol. The molecule has 1 unspecified atom stereocenters. The van der Waals surface area contributed by atoms with Crippen LogP contribution in [0.4, 0.5) is 0 Å². The van der Waals surface area contributed by atoms with E-state index in [2.05, 4.69) is 10.9 Å². The molecule has 0 spiro atoms. The summed E-state index contributed by atoms with van der Waals surface area (Å²) in [6, 6.07) is 0.0394. The molecule has 0 aromatic rings. The molecule has 56 valence electrons. The summed E-state index contributed by atoms with van der Waals surface area (Å²) in [5, 5.41) is 0. The highest BCUT2D eigenvalue weighted by atomic mass is 16.2. The van der Waals surface area contributed by atoms with Crippen LogP contribution in [-0.2, 0) is 4.79 Å². The van der Waals surface area contributed by atoms with E-state index < -0.39 is 0 Å². The van der Waals surface area contributed by atoms with Gasteiger partial charge in [-0.05, 0) is 0 Å². The van der Waals surface area contributed by atoms with Crippen molar-refractivity contribution in [2.75, 3.05) is 0 Å². The lowest BCUT2D eigenvalue weighted by Crippen LogP contribution is -2.30. The van der Waals surface area contributed by atoms with E-state index in [9.17, 15) is 4.79 Å². The summed E-state index contributed by atoms with van der Waals surface area (Å²) in [5.74, 6) is -0.0359. The zero-order chi connectivity index (χ0) is 7.68. The summed E-state index contributed by atoms with van der Waals surface area (Å²) in [6.07, 6.45) is 9.44. The molecule has 0 aromatic heterocycles. The minimum Gasteiger partial charge on any atom is -0.287 e. The highest BCUT2D eigenvalue weighted by Crippen LogP contribution is 2.11. The van der Waals surface area contributed by atoms with Crippen LogP contribution in [-0.4, -0.2) is 11.9 Å². The summed E-state index contributed by atoms with van der Waals surface area (Å²) in [6.45, 7) is 0. The Bertz CT molecular complexity index is 276. The lowest BCUT2D eigenvalue weighted by Gasteiger charge is -1.99. The summed E-state index contributed by atoms with van der Waals surface area (Å²) in [7, 11) is 0. The number of carbonyl (C=O) groups is 1. The molecule has 1 aliphatic carbocycles. The largest absolute Gasteiger partial charge is 0.287 e. The van der Waals surface area contributed by atoms with Gasteiger partial charge in [-0.2, -0.15) is 0 Å². The first-order chi connectivity index (χ1) is 5.38. The summed E-state index contributed by atoms with van der Waals surface area (Å²) in [4.78, 5) is 11.1. The van der Waals surface area contributed by atoms with Crippen LogP contribution in [0.25, 0.3) is 0 Å². The summed E-state index contributed by atoms with van der Waals surface area (Å²) in [5.41, 5.74) is 6.17. The fourth-order valence-corrected chi connectivity index (χ4v) is 1.16. The Kier molecular flexibility index (Phi) is 1.36. The third kappa shape index (κ3) is 0.991. The van der Waals surface area contributed by atoms with E-state index in [4.69, 9.17) is 0 Å². The van der Waals surface area contributed by atoms with Crippen LogP contribution in [0.3, 0.4) is 0 Å². The van der Waals surface area contributed by atoms with Gasteiger partial charge in [-0.15, -0.1) is 0 Å². The minimum absolute atomic E-state index is 0.0359. The molecule has 0 saturated carbocycles. The average Bonchev–Trinajstić information content (AvgIpc) is 2.25. The predicted molar refractivity (Wildman–Crippen MR) is 41.4 cm³/mol. The number of allylic oxidation sites excluding steroid dienone is 4. The Hall–Kier alpha value is -1.35. The Morgan fingerprint density at radius 1 is 1.27 bits per heavy atom. The third-order valence-corrected chi connectivity index (χ3v) is 1.74. The fraction of sp³-hybridized carbons (Fsp3) is 0.125. The second kappa shape index (κ2) is 2.36. The van der Waals surface area contributed by atoms with Crippen molar-refractivity contribution >= 4 is 5.91 Å². The van der Waals surface area contributed by atoms with Crippen molar-refractivity contribution in [3.05, 3.63) is 36.0 Å². The SMILES string of the molecule is O=C1NNC2C=CC=CC=C12. The van der Waals surface area contributed by atoms with Crippen molar-refractivity contribution < 1.29 is 4.79 Å². The van der Waals surface area contributed by atoms with Gasteiger partial charge >= 0.3 is 0 Å². The number of hydrazine groups is 1.